The molecule has 3 nitrogen and oxygen atoms in total. The van der Waals surface area contributed by atoms with Crippen LogP contribution < -0.4 is 14.8 Å². The summed E-state index contributed by atoms with van der Waals surface area (Å²) < 4.78 is 11.9. The lowest BCUT2D eigenvalue weighted by Crippen LogP contribution is -2.28. The van der Waals surface area contributed by atoms with Crippen molar-refractivity contribution in [1.29, 1.82) is 0 Å². The minimum atomic E-state index is 0.317. The molecule has 0 amide bonds. The maximum Gasteiger partial charge on any atom is 0.231 e. The Morgan fingerprint density at radius 2 is 1.95 bits per heavy atom. The van der Waals surface area contributed by atoms with E-state index in [0.717, 1.165) is 29.1 Å². The first-order chi connectivity index (χ1) is 10.3. The molecule has 0 spiro atoms. The van der Waals surface area contributed by atoms with Gasteiger partial charge >= 0.3 is 0 Å². The van der Waals surface area contributed by atoms with Crippen molar-refractivity contribution in [3.05, 3.63) is 57.6 Å². The van der Waals surface area contributed by atoms with E-state index in [-0.39, 0.29) is 0 Å². The standard InChI is InChI=1S/C17H16BrNO2/c18-15-7-17-16(20-10-21-17)6-13(15)9-19-8-12-5-11-3-1-2-4-14(11)12/h1-4,6-7,12,19H,5,8-10H2. The van der Waals surface area contributed by atoms with Crippen LogP contribution in [0, 0.1) is 0 Å². The molecule has 2 aromatic rings. The summed E-state index contributed by atoms with van der Waals surface area (Å²) in [4.78, 5) is 0. The molecule has 1 atom stereocenters. The third-order valence-corrected chi connectivity index (χ3v) is 4.95. The third kappa shape index (κ3) is 2.43. The second-order valence-electron chi connectivity index (χ2n) is 5.53. The van der Waals surface area contributed by atoms with E-state index in [1.807, 2.05) is 12.1 Å². The maximum atomic E-state index is 5.43. The van der Waals surface area contributed by atoms with Gasteiger partial charge in [-0.15, -0.1) is 0 Å². The Bertz CT molecular complexity index is 686. The summed E-state index contributed by atoms with van der Waals surface area (Å²) >= 11 is 3.60. The van der Waals surface area contributed by atoms with E-state index in [1.54, 1.807) is 0 Å². The van der Waals surface area contributed by atoms with Crippen LogP contribution in [0.3, 0.4) is 0 Å². The fourth-order valence-corrected chi connectivity index (χ4v) is 3.48. The minimum absolute atomic E-state index is 0.317. The molecule has 2 aromatic carbocycles. The lowest BCUT2D eigenvalue weighted by atomic mass is 9.77. The Hall–Kier alpha value is -1.52. The summed E-state index contributed by atoms with van der Waals surface area (Å²) in [6.45, 7) is 2.16. The van der Waals surface area contributed by atoms with E-state index < -0.39 is 0 Å². The Morgan fingerprint density at radius 3 is 2.81 bits per heavy atom. The van der Waals surface area contributed by atoms with Gasteiger partial charge < -0.3 is 14.8 Å². The highest BCUT2D eigenvalue weighted by Gasteiger charge is 2.24. The largest absolute Gasteiger partial charge is 0.454 e. The van der Waals surface area contributed by atoms with Gasteiger partial charge in [0.25, 0.3) is 0 Å². The van der Waals surface area contributed by atoms with Crippen molar-refractivity contribution in [3.8, 4) is 11.5 Å². The predicted molar refractivity (Wildman–Crippen MR) is 84.9 cm³/mol. The van der Waals surface area contributed by atoms with Crippen LogP contribution >= 0.6 is 15.9 Å². The van der Waals surface area contributed by atoms with E-state index in [4.69, 9.17) is 9.47 Å². The summed E-state index contributed by atoms with van der Waals surface area (Å²) in [6, 6.07) is 12.7. The molecule has 0 saturated carbocycles. The summed E-state index contributed by atoms with van der Waals surface area (Å²) in [6.07, 6.45) is 1.19. The zero-order valence-electron chi connectivity index (χ0n) is 11.6. The zero-order chi connectivity index (χ0) is 14.2. The fourth-order valence-electron chi connectivity index (χ4n) is 3.02. The Morgan fingerprint density at radius 1 is 1.14 bits per heavy atom. The predicted octanol–water partition coefficient (Wildman–Crippen LogP) is 3.61. The zero-order valence-corrected chi connectivity index (χ0v) is 13.2. The molecule has 108 valence electrons. The first kappa shape index (κ1) is 13.2. The van der Waals surface area contributed by atoms with Gasteiger partial charge in [0.1, 0.15) is 0 Å². The number of benzene rings is 2. The van der Waals surface area contributed by atoms with Gasteiger partial charge in [0, 0.05) is 23.5 Å². The highest BCUT2D eigenvalue weighted by molar-refractivity contribution is 9.10. The highest BCUT2D eigenvalue weighted by atomic mass is 79.9. The van der Waals surface area contributed by atoms with Gasteiger partial charge in [-0.1, -0.05) is 40.2 Å². The van der Waals surface area contributed by atoms with E-state index in [1.165, 1.54) is 23.1 Å². The topological polar surface area (TPSA) is 30.5 Å². The molecule has 0 aromatic heterocycles. The average Bonchev–Trinajstić information content (AvgIpc) is 2.91. The van der Waals surface area contributed by atoms with E-state index in [9.17, 15) is 0 Å². The van der Waals surface area contributed by atoms with Gasteiger partial charge in [-0.25, -0.2) is 0 Å². The van der Waals surface area contributed by atoms with Gasteiger partial charge in [0.2, 0.25) is 6.79 Å². The summed E-state index contributed by atoms with van der Waals surface area (Å²) in [7, 11) is 0. The molecule has 4 heteroatoms. The number of hydrogen-bond donors (Lipinski definition) is 1. The number of hydrogen-bond acceptors (Lipinski definition) is 3. The molecule has 1 unspecified atom stereocenters. The third-order valence-electron chi connectivity index (χ3n) is 4.21. The molecule has 1 aliphatic heterocycles. The monoisotopic (exact) mass is 345 g/mol. The van der Waals surface area contributed by atoms with Crippen LogP contribution in [0.1, 0.15) is 22.6 Å². The van der Waals surface area contributed by atoms with Crippen LogP contribution in [0.25, 0.3) is 0 Å². The first-order valence-electron chi connectivity index (χ1n) is 7.18. The second-order valence-corrected chi connectivity index (χ2v) is 6.38. The minimum Gasteiger partial charge on any atom is -0.454 e. The van der Waals surface area contributed by atoms with E-state index in [2.05, 4.69) is 45.5 Å². The molecular formula is C17H16BrNO2. The molecule has 1 N–H and O–H groups in total. The summed E-state index contributed by atoms with van der Waals surface area (Å²) in [5, 5.41) is 3.55. The van der Waals surface area contributed by atoms with Gasteiger partial charge in [-0.05, 0) is 35.2 Å². The molecule has 1 heterocycles. The van der Waals surface area contributed by atoms with Gasteiger partial charge in [-0.2, -0.15) is 0 Å². The number of nitrogens with one attached hydrogen (secondary N) is 1. The normalized spacial score (nSPS) is 18.2. The van der Waals surface area contributed by atoms with Crippen LogP contribution in [0.4, 0.5) is 0 Å². The van der Waals surface area contributed by atoms with Gasteiger partial charge in [-0.3, -0.25) is 0 Å². The van der Waals surface area contributed by atoms with Crippen molar-refractivity contribution < 1.29 is 9.47 Å². The fraction of sp³-hybridized carbons (Fsp3) is 0.294. The quantitative estimate of drug-likeness (QED) is 0.918. The van der Waals surface area contributed by atoms with Crippen LogP contribution in [-0.2, 0) is 13.0 Å². The van der Waals surface area contributed by atoms with Gasteiger partial charge in [0.15, 0.2) is 11.5 Å². The molecular weight excluding hydrogens is 330 g/mol. The SMILES string of the molecule is Brc1cc2c(cc1CNCC1Cc3ccccc31)OCO2. The van der Waals surface area contributed by atoms with Crippen molar-refractivity contribution in [2.45, 2.75) is 18.9 Å². The summed E-state index contributed by atoms with van der Waals surface area (Å²) in [5.74, 6) is 2.30. The molecule has 2 aliphatic rings. The molecule has 0 fully saturated rings. The molecule has 21 heavy (non-hydrogen) atoms. The van der Waals surface area contributed by atoms with Crippen molar-refractivity contribution in [3.63, 3.8) is 0 Å². The van der Waals surface area contributed by atoms with Crippen molar-refractivity contribution in [2.24, 2.45) is 0 Å². The number of fused-ring (bicyclic) bond motifs is 2. The van der Waals surface area contributed by atoms with Crippen LogP contribution in [0.15, 0.2) is 40.9 Å². The lowest BCUT2D eigenvalue weighted by molar-refractivity contribution is 0.174. The number of rotatable bonds is 4. The number of ether oxygens (including phenoxy) is 2. The van der Waals surface area contributed by atoms with Crippen LogP contribution in [0.2, 0.25) is 0 Å². The second kappa shape index (κ2) is 5.35. The summed E-state index contributed by atoms with van der Waals surface area (Å²) in [5.41, 5.74) is 4.19. The highest BCUT2D eigenvalue weighted by Crippen LogP contribution is 2.37. The lowest BCUT2D eigenvalue weighted by Gasteiger charge is -2.30. The van der Waals surface area contributed by atoms with Crippen molar-refractivity contribution in [2.75, 3.05) is 13.3 Å². The smallest absolute Gasteiger partial charge is 0.231 e. The Labute approximate surface area is 132 Å². The molecule has 0 radical (unpaired) electrons. The Balaban J connectivity index is 1.38. The van der Waals surface area contributed by atoms with Crippen molar-refractivity contribution >= 4 is 15.9 Å². The maximum absolute atomic E-state index is 5.43. The van der Waals surface area contributed by atoms with Crippen LogP contribution in [-0.4, -0.2) is 13.3 Å². The molecule has 1 aliphatic carbocycles. The van der Waals surface area contributed by atoms with E-state index in [0.29, 0.717) is 12.7 Å². The van der Waals surface area contributed by atoms with Crippen molar-refractivity contribution in [1.82, 2.24) is 5.32 Å². The van der Waals surface area contributed by atoms with Crippen LogP contribution in [0.5, 0.6) is 11.5 Å². The average molecular weight is 346 g/mol. The molecule has 0 saturated heterocycles. The van der Waals surface area contributed by atoms with Gasteiger partial charge in [0.05, 0.1) is 0 Å². The molecule has 4 rings (SSSR count). The first-order valence-corrected chi connectivity index (χ1v) is 7.97. The molecule has 0 bridgehead atoms. The number of halogens is 1. The Kier molecular flexibility index (Phi) is 3.36. The van der Waals surface area contributed by atoms with E-state index >= 15 is 0 Å².